The van der Waals surface area contributed by atoms with E-state index < -0.39 is 0 Å². The van der Waals surface area contributed by atoms with Gasteiger partial charge in [0.2, 0.25) is 0 Å². The molecule has 0 saturated carbocycles. The van der Waals surface area contributed by atoms with Gasteiger partial charge in [0.05, 0.1) is 0 Å². The molecule has 0 radical (unpaired) electrons. The van der Waals surface area contributed by atoms with Gasteiger partial charge in [0, 0.05) is 7.05 Å². The van der Waals surface area contributed by atoms with Crippen molar-refractivity contribution in [2.24, 2.45) is 0 Å². The van der Waals surface area contributed by atoms with Crippen molar-refractivity contribution in [3.63, 3.8) is 0 Å². The van der Waals surface area contributed by atoms with Crippen LogP contribution in [0.15, 0.2) is 73.1 Å². The van der Waals surface area contributed by atoms with E-state index in [4.69, 9.17) is 9.97 Å². The standard InChI is InChI=1S/C36H40N4Se/c1-22(2)25-16-27(20-28(17-25)40-15-14-39(8)21-40)36(6,7)33-19-26(23(3)4)18-32(38-33)31-11-9-10-29-30-13-12-24(5)37-35(30)41-34(29)31/h9-20,22-23H,21H2,1-8H3. The van der Waals surface area contributed by atoms with Gasteiger partial charge in [0.15, 0.2) is 0 Å². The van der Waals surface area contributed by atoms with Gasteiger partial charge in [-0.05, 0) is 0 Å². The molecule has 0 atom stereocenters. The summed E-state index contributed by atoms with van der Waals surface area (Å²) in [5.74, 6) is 0.838. The van der Waals surface area contributed by atoms with E-state index in [1.165, 1.54) is 47.4 Å². The summed E-state index contributed by atoms with van der Waals surface area (Å²) in [6, 6.07) is 22.8. The molecule has 0 spiro atoms. The Hall–Kier alpha value is -3.40. The molecule has 2 aromatic carbocycles. The zero-order valence-corrected chi connectivity index (χ0v) is 27.2. The third kappa shape index (κ3) is 5.11. The Morgan fingerprint density at radius 3 is 2.29 bits per heavy atom. The average Bonchev–Trinajstić information content (AvgIpc) is 3.55. The Morgan fingerprint density at radius 2 is 1.59 bits per heavy atom. The Labute approximate surface area is 250 Å². The van der Waals surface area contributed by atoms with Crippen LogP contribution in [0, 0.1) is 6.92 Å². The van der Waals surface area contributed by atoms with Crippen molar-refractivity contribution in [2.75, 3.05) is 18.6 Å². The molecule has 0 N–H and O–H groups in total. The van der Waals surface area contributed by atoms with Crippen molar-refractivity contribution in [1.82, 2.24) is 14.9 Å². The van der Waals surface area contributed by atoms with Gasteiger partial charge in [-0.15, -0.1) is 0 Å². The van der Waals surface area contributed by atoms with Gasteiger partial charge in [-0.3, -0.25) is 0 Å². The first-order chi connectivity index (χ1) is 19.5. The topological polar surface area (TPSA) is 32.3 Å². The van der Waals surface area contributed by atoms with Crippen LogP contribution in [0.5, 0.6) is 0 Å². The Bertz CT molecular complexity index is 1790. The maximum absolute atomic E-state index is 5.46. The van der Waals surface area contributed by atoms with Gasteiger partial charge in [0.1, 0.15) is 0 Å². The summed E-state index contributed by atoms with van der Waals surface area (Å²) in [4.78, 5) is 14.9. The summed E-state index contributed by atoms with van der Waals surface area (Å²) in [6.07, 6.45) is 4.32. The summed E-state index contributed by atoms with van der Waals surface area (Å²) in [7, 11) is 2.12. The quantitative estimate of drug-likeness (QED) is 0.181. The predicted molar refractivity (Wildman–Crippen MR) is 175 cm³/mol. The number of anilines is 1. The minimum absolute atomic E-state index is 0.162. The van der Waals surface area contributed by atoms with Crippen molar-refractivity contribution >= 4 is 39.6 Å². The van der Waals surface area contributed by atoms with Gasteiger partial charge in [-0.2, -0.15) is 0 Å². The molecule has 3 aromatic heterocycles. The number of hydrogen-bond acceptors (Lipinski definition) is 4. The predicted octanol–water partition coefficient (Wildman–Crippen LogP) is 8.57. The Balaban J connectivity index is 1.52. The summed E-state index contributed by atoms with van der Waals surface area (Å²) >= 11 is 0.162. The molecule has 210 valence electrons. The number of pyridine rings is 2. The molecule has 5 aromatic rings. The van der Waals surface area contributed by atoms with Gasteiger partial charge >= 0.3 is 244 Å². The summed E-state index contributed by atoms with van der Waals surface area (Å²) in [5, 5.41) is 2.60. The number of rotatable bonds is 6. The number of fused-ring (bicyclic) bond motifs is 3. The number of nitrogens with zero attached hydrogens (tertiary/aromatic N) is 4. The van der Waals surface area contributed by atoms with E-state index in [-0.39, 0.29) is 19.9 Å². The molecule has 5 heteroatoms. The summed E-state index contributed by atoms with van der Waals surface area (Å²) in [6.45, 7) is 16.7. The molecular formula is C36H40N4Se. The molecule has 1 aliphatic rings. The SMILES string of the molecule is Cc1ccc2c(n1)[se]c1c(-c3cc(C(C)C)cc(C(C)(C)c4cc(C(C)C)cc(N5C=CN(C)C5)c4)n3)cccc12. The number of aryl methyl sites for hydroxylation is 1. The summed E-state index contributed by atoms with van der Waals surface area (Å²) in [5.41, 5.74) is 9.48. The van der Waals surface area contributed by atoms with Crippen LogP contribution in [0.25, 0.3) is 30.7 Å². The van der Waals surface area contributed by atoms with Gasteiger partial charge in [0.25, 0.3) is 0 Å². The molecular weight excluding hydrogens is 567 g/mol. The minimum atomic E-state index is -0.278. The third-order valence-corrected chi connectivity index (χ3v) is 10.9. The Kier molecular flexibility index (Phi) is 7.08. The molecule has 4 nitrogen and oxygen atoms in total. The second-order valence-electron chi connectivity index (χ2n) is 12.7. The zero-order valence-electron chi connectivity index (χ0n) is 25.5. The summed E-state index contributed by atoms with van der Waals surface area (Å²) < 4.78 is 2.64. The molecule has 1 aliphatic heterocycles. The van der Waals surface area contributed by atoms with Crippen LogP contribution in [0.3, 0.4) is 0 Å². The molecule has 0 unspecified atom stereocenters. The van der Waals surface area contributed by atoms with Crippen LogP contribution in [-0.4, -0.2) is 43.1 Å². The van der Waals surface area contributed by atoms with Gasteiger partial charge < -0.3 is 0 Å². The Morgan fingerprint density at radius 1 is 0.829 bits per heavy atom. The van der Waals surface area contributed by atoms with Crippen molar-refractivity contribution in [2.45, 2.75) is 65.7 Å². The van der Waals surface area contributed by atoms with E-state index in [9.17, 15) is 0 Å². The molecule has 0 fully saturated rings. The molecule has 4 heterocycles. The first kappa shape index (κ1) is 27.8. The number of hydrogen-bond donors (Lipinski definition) is 0. The van der Waals surface area contributed by atoms with Gasteiger partial charge in [-0.1, -0.05) is 0 Å². The normalized spacial score (nSPS) is 14.0. The fraction of sp³-hybridized carbons (Fsp3) is 0.333. The van der Waals surface area contributed by atoms with Crippen molar-refractivity contribution in [3.05, 3.63) is 101 Å². The third-order valence-electron chi connectivity index (χ3n) is 8.47. The molecule has 0 aliphatic carbocycles. The van der Waals surface area contributed by atoms with E-state index in [1.807, 2.05) is 0 Å². The molecule has 0 bridgehead atoms. The second-order valence-corrected chi connectivity index (χ2v) is 14.8. The van der Waals surface area contributed by atoms with Crippen LogP contribution in [0.2, 0.25) is 0 Å². The maximum atomic E-state index is 5.46. The fourth-order valence-corrected chi connectivity index (χ4v) is 8.26. The van der Waals surface area contributed by atoms with Crippen LogP contribution in [0.4, 0.5) is 5.69 Å². The zero-order chi connectivity index (χ0) is 29.1. The van der Waals surface area contributed by atoms with Crippen LogP contribution < -0.4 is 4.90 Å². The van der Waals surface area contributed by atoms with E-state index in [2.05, 4.69) is 138 Å². The number of aromatic nitrogens is 2. The van der Waals surface area contributed by atoms with E-state index in [0.717, 1.165) is 23.8 Å². The van der Waals surface area contributed by atoms with Crippen LogP contribution in [-0.2, 0) is 5.41 Å². The van der Waals surface area contributed by atoms with E-state index in [0.29, 0.717) is 11.8 Å². The molecule has 41 heavy (non-hydrogen) atoms. The molecule has 0 saturated heterocycles. The van der Waals surface area contributed by atoms with Crippen molar-refractivity contribution < 1.29 is 0 Å². The van der Waals surface area contributed by atoms with E-state index in [1.54, 1.807) is 0 Å². The van der Waals surface area contributed by atoms with Crippen molar-refractivity contribution in [1.29, 1.82) is 0 Å². The molecule has 0 amide bonds. The van der Waals surface area contributed by atoms with Crippen molar-refractivity contribution in [3.8, 4) is 11.3 Å². The monoisotopic (exact) mass is 608 g/mol. The molecule has 6 rings (SSSR count). The fourth-order valence-electron chi connectivity index (χ4n) is 5.66. The second kappa shape index (κ2) is 10.5. The van der Waals surface area contributed by atoms with Crippen LogP contribution >= 0.6 is 0 Å². The average molecular weight is 608 g/mol. The van der Waals surface area contributed by atoms with Gasteiger partial charge in [-0.25, -0.2) is 0 Å². The van der Waals surface area contributed by atoms with Crippen LogP contribution in [0.1, 0.15) is 81.5 Å². The number of benzene rings is 2. The first-order valence-corrected chi connectivity index (χ1v) is 16.3. The first-order valence-electron chi connectivity index (χ1n) is 14.6. The van der Waals surface area contributed by atoms with E-state index >= 15 is 0 Å².